The highest BCUT2D eigenvalue weighted by Crippen LogP contribution is 2.34. The van der Waals surface area contributed by atoms with Crippen molar-refractivity contribution in [3.63, 3.8) is 0 Å². The van der Waals surface area contributed by atoms with E-state index >= 15 is 0 Å². The van der Waals surface area contributed by atoms with Gasteiger partial charge in [0, 0.05) is 0 Å². The zero-order valence-corrected chi connectivity index (χ0v) is 11.4. The van der Waals surface area contributed by atoms with Crippen LogP contribution in [-0.4, -0.2) is 20.8 Å². The molecule has 1 aromatic rings. The van der Waals surface area contributed by atoms with Crippen molar-refractivity contribution in [2.45, 2.75) is 12.8 Å². The average molecular weight is 295 g/mol. The number of nitrogens with one attached hydrogen (secondary N) is 1. The maximum atomic E-state index is 11.6. The van der Waals surface area contributed by atoms with Gasteiger partial charge >= 0.3 is 7.75 Å². The van der Waals surface area contributed by atoms with Crippen LogP contribution in [0.1, 0.15) is 18.4 Å². The normalized spacial score (nSPS) is 17.6. The Morgan fingerprint density at radius 2 is 1.85 bits per heavy atom. The molecule has 1 aromatic carbocycles. The molecule has 0 aromatic heterocycles. The lowest BCUT2D eigenvalue weighted by molar-refractivity contribution is -0.116. The summed E-state index contributed by atoms with van der Waals surface area (Å²) in [6, 6.07) is 9.28. The van der Waals surface area contributed by atoms with Crippen LogP contribution in [0.4, 0.5) is 0 Å². The first-order valence-electron chi connectivity index (χ1n) is 5.93. The Morgan fingerprint density at radius 1 is 1.20 bits per heavy atom. The molecule has 0 unspecified atom stereocenters. The number of carbonyl (C=O) groups excluding carboxylic acids is 1. The number of hydrogen-bond acceptors (Lipinski definition) is 3. The molecule has 0 heterocycles. The first-order valence-corrected chi connectivity index (χ1v) is 7.54. The molecule has 20 heavy (non-hydrogen) atoms. The highest BCUT2D eigenvalue weighted by molar-refractivity contribution is 7.50. The van der Waals surface area contributed by atoms with Crippen LogP contribution in [-0.2, 0) is 9.36 Å². The molecule has 2 rings (SSSR count). The van der Waals surface area contributed by atoms with Crippen LogP contribution in [0.25, 0.3) is 6.08 Å². The van der Waals surface area contributed by atoms with Gasteiger partial charge in [-0.15, -0.1) is 0 Å². The van der Waals surface area contributed by atoms with Crippen molar-refractivity contribution in [2.24, 2.45) is 0 Å². The van der Waals surface area contributed by atoms with Gasteiger partial charge in [-0.1, -0.05) is 30.3 Å². The fourth-order valence-corrected chi connectivity index (χ4v) is 2.40. The zero-order valence-electron chi connectivity index (χ0n) is 10.5. The van der Waals surface area contributed by atoms with Gasteiger partial charge in [0.2, 0.25) is 0 Å². The van der Waals surface area contributed by atoms with Crippen molar-refractivity contribution in [2.75, 3.05) is 0 Å². The molecular weight excluding hydrogens is 281 g/mol. The topological polar surface area (TPSA) is 107 Å². The summed E-state index contributed by atoms with van der Waals surface area (Å²) >= 11 is 0. The van der Waals surface area contributed by atoms with Crippen LogP contribution < -0.4 is 5.09 Å². The highest BCUT2D eigenvalue weighted by atomic mass is 31.2. The monoisotopic (exact) mass is 295 g/mol. The molecular formula is C13H14NO5P. The highest BCUT2D eigenvalue weighted by Gasteiger charge is 2.28. The first-order chi connectivity index (χ1) is 9.37. The van der Waals surface area contributed by atoms with Gasteiger partial charge in [-0.05, 0) is 30.1 Å². The molecule has 0 saturated heterocycles. The van der Waals surface area contributed by atoms with Gasteiger partial charge in [0.25, 0.3) is 5.91 Å². The maximum Gasteiger partial charge on any atom is 0.429 e. The van der Waals surface area contributed by atoms with Crippen molar-refractivity contribution in [1.29, 1.82) is 0 Å². The van der Waals surface area contributed by atoms with Gasteiger partial charge in [-0.2, -0.15) is 0 Å². The van der Waals surface area contributed by atoms with Crippen LogP contribution in [0.2, 0.25) is 0 Å². The van der Waals surface area contributed by atoms with Crippen LogP contribution >= 0.6 is 7.75 Å². The van der Waals surface area contributed by atoms with E-state index in [1.54, 1.807) is 11.2 Å². The molecule has 6 nitrogen and oxygen atoms in total. The van der Waals surface area contributed by atoms with Crippen molar-refractivity contribution >= 4 is 19.7 Å². The van der Waals surface area contributed by atoms with Crippen LogP contribution in [0.3, 0.4) is 0 Å². The summed E-state index contributed by atoms with van der Waals surface area (Å²) in [6.45, 7) is 0. The predicted molar refractivity (Wildman–Crippen MR) is 73.5 cm³/mol. The number of benzene rings is 1. The summed E-state index contributed by atoms with van der Waals surface area (Å²) in [5.41, 5.74) is 1.45. The van der Waals surface area contributed by atoms with E-state index in [9.17, 15) is 14.5 Å². The van der Waals surface area contributed by atoms with E-state index in [0.29, 0.717) is 12.0 Å². The second-order valence-corrected chi connectivity index (χ2v) is 5.70. The fourth-order valence-electron chi connectivity index (χ4n) is 2.00. The number of aliphatic hydroxyl groups is 1. The minimum atomic E-state index is -4.65. The number of amides is 1. The van der Waals surface area contributed by atoms with Gasteiger partial charge in [0.1, 0.15) is 5.76 Å². The molecule has 7 heteroatoms. The molecule has 0 fully saturated rings. The fraction of sp³-hybridized carbons (Fsp3) is 0.154. The third-order valence-electron chi connectivity index (χ3n) is 2.90. The van der Waals surface area contributed by atoms with E-state index in [4.69, 9.17) is 9.79 Å². The third-order valence-corrected chi connectivity index (χ3v) is 3.39. The molecule has 0 spiro atoms. The molecule has 0 saturated carbocycles. The standard InChI is InChI=1S/C13H14NO5P/c15-12-10(8-9-4-2-1-3-5-9)6-7-11(12)13(16)14-20(17,18)19/h1-5,8,15H,6-7H2,(H3,14,16,17,18,19)/b10-8+. The minimum absolute atomic E-state index is 0.00416. The Balaban J connectivity index is 2.23. The van der Waals surface area contributed by atoms with E-state index in [2.05, 4.69) is 0 Å². The van der Waals surface area contributed by atoms with Crippen LogP contribution in [0, 0.1) is 0 Å². The largest absolute Gasteiger partial charge is 0.507 e. The average Bonchev–Trinajstić information content (AvgIpc) is 2.70. The summed E-state index contributed by atoms with van der Waals surface area (Å²) < 4.78 is 10.7. The Labute approximate surface area is 115 Å². The molecule has 1 amide bonds. The van der Waals surface area contributed by atoms with E-state index in [1.165, 1.54) is 0 Å². The molecule has 106 valence electrons. The molecule has 0 atom stereocenters. The molecule has 1 aliphatic rings. The molecule has 1 aliphatic carbocycles. The van der Waals surface area contributed by atoms with Gasteiger partial charge in [0.05, 0.1) is 5.57 Å². The molecule has 0 radical (unpaired) electrons. The SMILES string of the molecule is O=C(NP(=O)(O)O)C1=C(O)/C(=C/c2ccccc2)CC1. The summed E-state index contributed by atoms with van der Waals surface area (Å²) in [7, 11) is -4.65. The smallest absolute Gasteiger partial charge is 0.429 e. The quantitative estimate of drug-likeness (QED) is 0.637. The number of hydrogen-bond donors (Lipinski definition) is 4. The lowest BCUT2D eigenvalue weighted by Crippen LogP contribution is -2.21. The van der Waals surface area contributed by atoms with Gasteiger partial charge in [-0.25, -0.2) is 4.57 Å². The maximum absolute atomic E-state index is 11.6. The van der Waals surface area contributed by atoms with E-state index in [-0.39, 0.29) is 17.8 Å². The lowest BCUT2D eigenvalue weighted by Gasteiger charge is -2.06. The third kappa shape index (κ3) is 3.57. The number of allylic oxidation sites excluding steroid dienone is 1. The second-order valence-electron chi connectivity index (χ2n) is 4.39. The number of carbonyl (C=O) groups is 1. The van der Waals surface area contributed by atoms with Crippen molar-refractivity contribution < 1.29 is 24.3 Å². The number of rotatable bonds is 3. The minimum Gasteiger partial charge on any atom is -0.507 e. The lowest BCUT2D eigenvalue weighted by atomic mass is 10.1. The van der Waals surface area contributed by atoms with E-state index in [0.717, 1.165) is 5.56 Å². The van der Waals surface area contributed by atoms with E-state index in [1.807, 2.05) is 30.3 Å². The van der Waals surface area contributed by atoms with Gasteiger partial charge in [0.15, 0.2) is 0 Å². The second kappa shape index (κ2) is 5.63. The predicted octanol–water partition coefficient (Wildman–Crippen LogP) is 1.88. The Kier molecular flexibility index (Phi) is 4.09. The zero-order chi connectivity index (χ0) is 14.8. The summed E-state index contributed by atoms with van der Waals surface area (Å²) in [6.07, 6.45) is 2.44. The van der Waals surface area contributed by atoms with Gasteiger partial charge < -0.3 is 14.9 Å². The van der Waals surface area contributed by atoms with E-state index < -0.39 is 13.7 Å². The van der Waals surface area contributed by atoms with Crippen LogP contribution in [0.15, 0.2) is 47.2 Å². The Morgan fingerprint density at radius 3 is 2.45 bits per heavy atom. The van der Waals surface area contributed by atoms with Crippen molar-refractivity contribution in [3.05, 3.63) is 52.8 Å². The molecule has 4 N–H and O–H groups in total. The first kappa shape index (κ1) is 14.5. The Bertz CT molecular complexity index is 629. The summed E-state index contributed by atoms with van der Waals surface area (Å²) in [4.78, 5) is 29.0. The van der Waals surface area contributed by atoms with Crippen molar-refractivity contribution in [3.8, 4) is 0 Å². The molecule has 0 bridgehead atoms. The number of aliphatic hydroxyl groups excluding tert-OH is 1. The summed E-state index contributed by atoms with van der Waals surface area (Å²) in [5, 5.41) is 11.5. The Hall–Kier alpha value is -1.88. The molecule has 0 aliphatic heterocycles. The summed E-state index contributed by atoms with van der Waals surface area (Å²) in [5.74, 6) is -1.15. The van der Waals surface area contributed by atoms with Crippen LogP contribution in [0.5, 0.6) is 0 Å². The van der Waals surface area contributed by atoms with Gasteiger partial charge in [-0.3, -0.25) is 9.88 Å². The van der Waals surface area contributed by atoms with Crippen molar-refractivity contribution in [1.82, 2.24) is 5.09 Å².